The summed E-state index contributed by atoms with van der Waals surface area (Å²) < 4.78 is 10.2. The summed E-state index contributed by atoms with van der Waals surface area (Å²) in [5, 5.41) is 3.06. The number of hydrogen-bond acceptors (Lipinski definition) is 4. The van der Waals surface area contributed by atoms with E-state index in [1.54, 1.807) is 4.90 Å². The van der Waals surface area contributed by atoms with Crippen molar-refractivity contribution in [3.8, 4) is 0 Å². The van der Waals surface area contributed by atoms with Crippen molar-refractivity contribution in [2.45, 2.75) is 12.5 Å². The molecule has 1 rings (SSSR count). The lowest BCUT2D eigenvalue weighted by molar-refractivity contribution is -0.0272. The first-order valence-electron chi connectivity index (χ1n) is 4.87. The van der Waals surface area contributed by atoms with Crippen molar-refractivity contribution < 1.29 is 14.3 Å². The molecule has 1 aliphatic rings. The molecule has 0 spiro atoms. The Hall–Kier alpha value is -0.810. The van der Waals surface area contributed by atoms with Crippen LogP contribution in [0.15, 0.2) is 0 Å². The lowest BCUT2D eigenvalue weighted by Crippen LogP contribution is -2.46. The van der Waals surface area contributed by atoms with Crippen LogP contribution in [-0.2, 0) is 9.47 Å². The Morgan fingerprint density at radius 1 is 1.71 bits per heavy atom. The van der Waals surface area contributed by atoms with E-state index in [4.69, 9.17) is 4.74 Å². The van der Waals surface area contributed by atoms with E-state index in [-0.39, 0.29) is 12.2 Å². The number of amides is 1. The molecule has 1 aliphatic heterocycles. The van der Waals surface area contributed by atoms with Gasteiger partial charge in [-0.3, -0.25) is 0 Å². The third-order valence-electron chi connectivity index (χ3n) is 2.29. The standard InChI is InChI=1S/C9H18N2O3/c1-10-4-3-8-7-11(5-6-14-8)9(12)13-2/h8,10H,3-7H2,1-2H3. The Kier molecular flexibility index (Phi) is 4.69. The molecule has 1 saturated heterocycles. The van der Waals surface area contributed by atoms with E-state index < -0.39 is 0 Å². The third kappa shape index (κ3) is 3.16. The van der Waals surface area contributed by atoms with E-state index in [9.17, 15) is 4.79 Å². The first-order valence-corrected chi connectivity index (χ1v) is 4.87. The zero-order valence-electron chi connectivity index (χ0n) is 8.78. The van der Waals surface area contributed by atoms with Crippen molar-refractivity contribution in [2.75, 3.05) is 40.4 Å². The summed E-state index contributed by atoms with van der Waals surface area (Å²) in [5.74, 6) is 0. The van der Waals surface area contributed by atoms with Crippen molar-refractivity contribution in [3.05, 3.63) is 0 Å². The molecule has 1 fully saturated rings. The molecule has 1 unspecified atom stereocenters. The van der Waals surface area contributed by atoms with E-state index in [0.717, 1.165) is 13.0 Å². The van der Waals surface area contributed by atoms with Crippen LogP contribution in [0.4, 0.5) is 4.79 Å². The molecule has 5 nitrogen and oxygen atoms in total. The lowest BCUT2D eigenvalue weighted by atomic mass is 10.2. The van der Waals surface area contributed by atoms with E-state index in [0.29, 0.717) is 19.7 Å². The Morgan fingerprint density at radius 3 is 3.14 bits per heavy atom. The Balaban J connectivity index is 2.31. The summed E-state index contributed by atoms with van der Waals surface area (Å²) in [6.45, 7) is 2.76. The SMILES string of the molecule is CNCCC1CN(C(=O)OC)CCO1. The zero-order chi connectivity index (χ0) is 10.4. The fraction of sp³-hybridized carbons (Fsp3) is 0.889. The average molecular weight is 202 g/mol. The predicted octanol–water partition coefficient (Wildman–Crippen LogP) is 0.0631. The summed E-state index contributed by atoms with van der Waals surface area (Å²) in [7, 11) is 3.31. The van der Waals surface area contributed by atoms with Crippen molar-refractivity contribution in [1.29, 1.82) is 0 Å². The summed E-state index contributed by atoms with van der Waals surface area (Å²) in [5.41, 5.74) is 0. The number of methoxy groups -OCH3 is 1. The number of ether oxygens (including phenoxy) is 2. The summed E-state index contributed by atoms with van der Waals surface area (Å²) in [4.78, 5) is 12.9. The molecular weight excluding hydrogens is 184 g/mol. The number of carbonyl (C=O) groups excluding carboxylic acids is 1. The minimum atomic E-state index is -0.261. The zero-order valence-corrected chi connectivity index (χ0v) is 8.78. The normalized spacial score (nSPS) is 22.1. The summed E-state index contributed by atoms with van der Waals surface area (Å²) >= 11 is 0. The minimum absolute atomic E-state index is 0.135. The predicted molar refractivity (Wildman–Crippen MR) is 52.3 cm³/mol. The highest BCUT2D eigenvalue weighted by Crippen LogP contribution is 2.08. The van der Waals surface area contributed by atoms with Gasteiger partial charge in [0.15, 0.2) is 0 Å². The molecular formula is C9H18N2O3. The van der Waals surface area contributed by atoms with Crippen LogP contribution < -0.4 is 5.32 Å². The monoisotopic (exact) mass is 202 g/mol. The van der Waals surface area contributed by atoms with E-state index >= 15 is 0 Å². The smallest absolute Gasteiger partial charge is 0.409 e. The molecule has 14 heavy (non-hydrogen) atoms. The van der Waals surface area contributed by atoms with Crippen molar-refractivity contribution in [3.63, 3.8) is 0 Å². The number of carbonyl (C=O) groups is 1. The average Bonchev–Trinajstić information content (AvgIpc) is 2.25. The minimum Gasteiger partial charge on any atom is -0.453 e. The molecule has 0 bridgehead atoms. The first kappa shape index (κ1) is 11.3. The van der Waals surface area contributed by atoms with Gasteiger partial charge in [0.2, 0.25) is 0 Å². The van der Waals surface area contributed by atoms with Crippen LogP contribution in [0.5, 0.6) is 0 Å². The largest absolute Gasteiger partial charge is 0.453 e. The van der Waals surface area contributed by atoms with Gasteiger partial charge in [-0.25, -0.2) is 4.79 Å². The first-order chi connectivity index (χ1) is 6.77. The third-order valence-corrected chi connectivity index (χ3v) is 2.29. The van der Waals surface area contributed by atoms with Crippen LogP contribution >= 0.6 is 0 Å². The Labute approximate surface area is 84.4 Å². The van der Waals surface area contributed by atoms with Crippen LogP contribution in [-0.4, -0.2) is 57.5 Å². The van der Waals surface area contributed by atoms with Crippen LogP contribution in [0.1, 0.15) is 6.42 Å². The fourth-order valence-corrected chi connectivity index (χ4v) is 1.49. The second kappa shape index (κ2) is 5.82. The molecule has 0 aliphatic carbocycles. The van der Waals surface area contributed by atoms with E-state index in [1.807, 2.05) is 7.05 Å². The summed E-state index contributed by atoms with van der Waals surface area (Å²) in [6, 6.07) is 0. The lowest BCUT2D eigenvalue weighted by Gasteiger charge is -2.31. The van der Waals surface area contributed by atoms with E-state index in [2.05, 4.69) is 10.1 Å². The topological polar surface area (TPSA) is 50.8 Å². The summed E-state index contributed by atoms with van der Waals surface area (Å²) in [6.07, 6.45) is 0.794. The molecule has 5 heteroatoms. The van der Waals surface area contributed by atoms with Gasteiger partial charge in [-0.05, 0) is 20.0 Å². The van der Waals surface area contributed by atoms with Crippen LogP contribution in [0.2, 0.25) is 0 Å². The number of nitrogens with zero attached hydrogens (tertiary/aromatic N) is 1. The Morgan fingerprint density at radius 2 is 2.50 bits per heavy atom. The van der Waals surface area contributed by atoms with Gasteiger partial charge in [0.1, 0.15) is 0 Å². The number of nitrogens with one attached hydrogen (secondary N) is 1. The maximum Gasteiger partial charge on any atom is 0.409 e. The van der Waals surface area contributed by atoms with Crippen LogP contribution in [0.3, 0.4) is 0 Å². The number of hydrogen-bond donors (Lipinski definition) is 1. The van der Waals surface area contributed by atoms with Crippen LogP contribution in [0.25, 0.3) is 0 Å². The molecule has 0 radical (unpaired) electrons. The molecule has 1 amide bonds. The van der Waals surface area contributed by atoms with Crippen molar-refractivity contribution in [1.82, 2.24) is 10.2 Å². The van der Waals surface area contributed by atoms with Gasteiger partial charge >= 0.3 is 6.09 Å². The molecule has 82 valence electrons. The second-order valence-electron chi connectivity index (χ2n) is 3.30. The van der Waals surface area contributed by atoms with Crippen molar-refractivity contribution >= 4 is 6.09 Å². The van der Waals surface area contributed by atoms with Gasteiger partial charge in [-0.1, -0.05) is 0 Å². The molecule has 1 N–H and O–H groups in total. The number of morpholine rings is 1. The maximum absolute atomic E-state index is 11.2. The highest BCUT2D eigenvalue weighted by atomic mass is 16.5. The van der Waals surface area contributed by atoms with Gasteiger partial charge in [0.05, 0.1) is 26.4 Å². The van der Waals surface area contributed by atoms with Crippen LogP contribution in [0, 0.1) is 0 Å². The van der Waals surface area contributed by atoms with E-state index in [1.165, 1.54) is 7.11 Å². The van der Waals surface area contributed by atoms with Gasteiger partial charge in [0, 0.05) is 6.54 Å². The molecule has 1 atom stereocenters. The van der Waals surface area contributed by atoms with Gasteiger partial charge in [-0.2, -0.15) is 0 Å². The Bertz CT molecular complexity index is 187. The molecule has 1 heterocycles. The quantitative estimate of drug-likeness (QED) is 0.703. The van der Waals surface area contributed by atoms with Crippen molar-refractivity contribution in [2.24, 2.45) is 0 Å². The fourth-order valence-electron chi connectivity index (χ4n) is 1.49. The van der Waals surface area contributed by atoms with Gasteiger partial charge < -0.3 is 19.7 Å². The van der Waals surface area contributed by atoms with Gasteiger partial charge in [0.25, 0.3) is 0 Å². The van der Waals surface area contributed by atoms with Gasteiger partial charge in [-0.15, -0.1) is 0 Å². The molecule has 0 saturated carbocycles. The second-order valence-corrected chi connectivity index (χ2v) is 3.30. The highest BCUT2D eigenvalue weighted by Gasteiger charge is 2.23. The molecule has 0 aromatic heterocycles. The molecule has 0 aromatic rings. The maximum atomic E-state index is 11.2. The highest BCUT2D eigenvalue weighted by molar-refractivity contribution is 5.67. The number of rotatable bonds is 3. The molecule has 0 aromatic carbocycles.